The molecule has 0 radical (unpaired) electrons. The van der Waals surface area contributed by atoms with E-state index in [1.165, 1.54) is 58.0 Å². The molecule has 0 aromatic heterocycles. The second-order valence-electron chi connectivity index (χ2n) is 4.50. The van der Waals surface area contributed by atoms with Gasteiger partial charge in [-0.1, -0.05) is 36.4 Å². The largest absolute Gasteiger partial charge is 0.324 e. The molecule has 0 aliphatic carbocycles. The zero-order valence-electron chi connectivity index (χ0n) is 12.0. The Morgan fingerprint density at radius 1 is 0.583 bits per heavy atom. The van der Waals surface area contributed by atoms with E-state index in [-0.39, 0.29) is 9.79 Å². The van der Waals surface area contributed by atoms with Crippen molar-refractivity contribution < 1.29 is 26.4 Å². The van der Waals surface area contributed by atoms with Gasteiger partial charge in [0.2, 0.25) is 0 Å². The van der Waals surface area contributed by atoms with Crippen LogP contribution in [0.4, 0.5) is 0 Å². The quantitative estimate of drug-likeness (QED) is 0.731. The maximum atomic E-state index is 11.9. The Morgan fingerprint density at radius 3 is 1.17 bits per heavy atom. The highest BCUT2D eigenvalue weighted by molar-refractivity contribution is 7.91. The van der Waals surface area contributed by atoms with Crippen LogP contribution in [0.1, 0.15) is 0 Å². The van der Waals surface area contributed by atoms with Crippen LogP contribution in [0.3, 0.4) is 0 Å². The molecule has 0 aliphatic heterocycles. The highest BCUT2D eigenvalue weighted by atomic mass is 32.2. The van der Waals surface area contributed by atoms with Gasteiger partial charge in [0.05, 0.1) is 9.79 Å². The number of rotatable bonds is 4. The van der Waals surface area contributed by atoms with Gasteiger partial charge < -0.3 is 0 Å². The summed E-state index contributed by atoms with van der Waals surface area (Å²) in [5.41, 5.74) is 0. The number of hydrogen-bond donors (Lipinski definition) is 2. The molecule has 0 heterocycles. The summed E-state index contributed by atoms with van der Waals surface area (Å²) < 4.78 is 50.7. The van der Waals surface area contributed by atoms with Crippen molar-refractivity contribution in [2.24, 2.45) is 0 Å². The van der Waals surface area contributed by atoms with Crippen LogP contribution in [0.15, 0.2) is 70.5 Å². The molecule has 8 nitrogen and oxygen atoms in total. The highest BCUT2D eigenvalue weighted by Crippen LogP contribution is 2.08. The van der Waals surface area contributed by atoms with Crippen molar-refractivity contribution >= 4 is 31.9 Å². The molecule has 0 bridgehead atoms. The van der Waals surface area contributed by atoms with E-state index >= 15 is 0 Å². The summed E-state index contributed by atoms with van der Waals surface area (Å²) in [6.07, 6.45) is 0. The summed E-state index contributed by atoms with van der Waals surface area (Å²) in [4.78, 5) is 22.9. The zero-order valence-corrected chi connectivity index (χ0v) is 13.7. The zero-order chi connectivity index (χ0) is 17.8. The number of sulfonamides is 2. The summed E-state index contributed by atoms with van der Waals surface area (Å²) in [6, 6.07) is 13.7. The number of amides is 2. The van der Waals surface area contributed by atoms with E-state index in [0.29, 0.717) is 0 Å². The van der Waals surface area contributed by atoms with Gasteiger partial charge in [0.25, 0.3) is 20.0 Å². The van der Waals surface area contributed by atoms with Gasteiger partial charge in [0.15, 0.2) is 0 Å². The number of benzene rings is 2. The van der Waals surface area contributed by atoms with E-state index < -0.39 is 31.9 Å². The van der Waals surface area contributed by atoms with Gasteiger partial charge in [0.1, 0.15) is 0 Å². The first-order chi connectivity index (χ1) is 11.2. The minimum atomic E-state index is -4.28. The fourth-order valence-corrected chi connectivity index (χ4v) is 3.59. The van der Waals surface area contributed by atoms with Crippen LogP contribution >= 0.6 is 0 Å². The van der Waals surface area contributed by atoms with Gasteiger partial charge in [-0.25, -0.2) is 26.3 Å². The molecule has 2 amide bonds. The second kappa shape index (κ2) is 6.81. The summed E-state index contributed by atoms with van der Waals surface area (Å²) in [7, 11) is -8.56. The molecular formula is C14H12N2O6S2. The molecule has 2 rings (SSSR count). The molecule has 0 unspecified atom stereocenters. The third kappa shape index (κ3) is 4.18. The van der Waals surface area contributed by atoms with E-state index in [0.717, 1.165) is 0 Å². The number of carbonyl (C=O) groups is 2. The lowest BCUT2D eigenvalue weighted by Gasteiger charge is -2.08. The fraction of sp³-hybridized carbons (Fsp3) is 0. The van der Waals surface area contributed by atoms with E-state index in [1.54, 1.807) is 12.1 Å². The van der Waals surface area contributed by atoms with Crippen LogP contribution in [-0.4, -0.2) is 28.6 Å². The van der Waals surface area contributed by atoms with Gasteiger partial charge >= 0.3 is 11.8 Å². The van der Waals surface area contributed by atoms with Crippen LogP contribution in [0.25, 0.3) is 0 Å². The lowest BCUT2D eigenvalue weighted by molar-refractivity contribution is -0.137. The average molecular weight is 368 g/mol. The smallest absolute Gasteiger partial charge is 0.262 e. The maximum Gasteiger partial charge on any atom is 0.324 e. The molecule has 2 N–H and O–H groups in total. The van der Waals surface area contributed by atoms with E-state index in [2.05, 4.69) is 0 Å². The summed E-state index contributed by atoms with van der Waals surface area (Å²) in [5.74, 6) is -3.23. The van der Waals surface area contributed by atoms with Gasteiger partial charge in [0, 0.05) is 0 Å². The van der Waals surface area contributed by atoms with Gasteiger partial charge in [-0.15, -0.1) is 0 Å². The second-order valence-corrected chi connectivity index (χ2v) is 7.86. The Bertz CT molecular complexity index is 873. The first-order valence-corrected chi connectivity index (χ1v) is 9.43. The molecule has 10 heteroatoms. The number of hydrogen-bond acceptors (Lipinski definition) is 6. The molecule has 0 saturated heterocycles. The first-order valence-electron chi connectivity index (χ1n) is 6.46. The van der Waals surface area contributed by atoms with Crippen molar-refractivity contribution in [1.82, 2.24) is 9.44 Å². The van der Waals surface area contributed by atoms with Crippen LogP contribution < -0.4 is 9.44 Å². The van der Waals surface area contributed by atoms with Crippen molar-refractivity contribution in [2.45, 2.75) is 9.79 Å². The predicted molar refractivity (Wildman–Crippen MR) is 83.5 cm³/mol. The Hall–Kier alpha value is -2.72. The fourth-order valence-electron chi connectivity index (χ4n) is 1.65. The third-order valence-corrected chi connectivity index (χ3v) is 5.46. The maximum absolute atomic E-state index is 11.9. The van der Waals surface area contributed by atoms with Crippen LogP contribution in [0.2, 0.25) is 0 Å². The summed E-state index contributed by atoms with van der Waals surface area (Å²) >= 11 is 0. The van der Waals surface area contributed by atoms with Crippen molar-refractivity contribution in [2.75, 3.05) is 0 Å². The lowest BCUT2D eigenvalue weighted by atomic mass is 10.4. The highest BCUT2D eigenvalue weighted by Gasteiger charge is 2.26. The molecular weight excluding hydrogens is 356 g/mol. The molecule has 0 spiro atoms. The Balaban J connectivity index is 2.12. The van der Waals surface area contributed by atoms with Crippen molar-refractivity contribution in [1.29, 1.82) is 0 Å². The first kappa shape index (κ1) is 17.6. The topological polar surface area (TPSA) is 126 Å². The van der Waals surface area contributed by atoms with Gasteiger partial charge in [-0.05, 0) is 24.3 Å². The van der Waals surface area contributed by atoms with Crippen LogP contribution in [-0.2, 0) is 29.6 Å². The molecule has 126 valence electrons. The minimum Gasteiger partial charge on any atom is -0.262 e. The Kier molecular flexibility index (Phi) is 5.00. The van der Waals surface area contributed by atoms with E-state index in [9.17, 15) is 26.4 Å². The normalized spacial score (nSPS) is 11.5. The number of nitrogens with one attached hydrogen (secondary N) is 2. The monoisotopic (exact) mass is 368 g/mol. The molecule has 0 atom stereocenters. The van der Waals surface area contributed by atoms with Crippen molar-refractivity contribution in [3.63, 3.8) is 0 Å². The van der Waals surface area contributed by atoms with E-state index in [1.807, 2.05) is 0 Å². The molecule has 0 saturated carbocycles. The summed E-state index contributed by atoms with van der Waals surface area (Å²) in [6.45, 7) is 0. The molecule has 2 aromatic rings. The van der Waals surface area contributed by atoms with Crippen molar-refractivity contribution in [3.05, 3.63) is 60.7 Å². The summed E-state index contributed by atoms with van der Waals surface area (Å²) in [5, 5.41) is 0. The lowest BCUT2D eigenvalue weighted by Crippen LogP contribution is -2.44. The molecule has 0 fully saturated rings. The molecule has 24 heavy (non-hydrogen) atoms. The van der Waals surface area contributed by atoms with Gasteiger partial charge in [-0.2, -0.15) is 0 Å². The van der Waals surface area contributed by atoms with Crippen LogP contribution in [0.5, 0.6) is 0 Å². The standard InChI is InChI=1S/C14H12N2O6S2/c17-13(15-23(19,20)11-7-3-1-4-8-11)14(18)16-24(21,22)12-9-5-2-6-10-12/h1-10H,(H,15,17)(H,16,18). The van der Waals surface area contributed by atoms with E-state index in [4.69, 9.17) is 0 Å². The molecule has 0 aliphatic rings. The Morgan fingerprint density at radius 2 is 0.875 bits per heavy atom. The third-order valence-electron chi connectivity index (χ3n) is 2.77. The molecule has 2 aromatic carbocycles. The van der Waals surface area contributed by atoms with Crippen molar-refractivity contribution in [3.8, 4) is 0 Å². The predicted octanol–water partition coefficient (Wildman–Crippen LogP) is -0.00340. The SMILES string of the molecule is O=C(NS(=O)(=O)c1ccccc1)C(=O)NS(=O)(=O)c1ccccc1. The Labute approximate surface area is 138 Å². The minimum absolute atomic E-state index is 0.239. The van der Waals surface area contributed by atoms with Crippen LogP contribution in [0, 0.1) is 0 Å². The number of carbonyl (C=O) groups excluding carboxylic acids is 2. The van der Waals surface area contributed by atoms with Gasteiger partial charge in [-0.3, -0.25) is 9.59 Å². The average Bonchev–Trinajstić information content (AvgIpc) is 2.55.